The SMILES string of the molecule is CS(=O)CCNCC1CCCCNC1. The highest BCUT2D eigenvalue weighted by molar-refractivity contribution is 7.84. The first-order valence-electron chi connectivity index (χ1n) is 5.50. The van der Waals surface area contributed by atoms with E-state index in [4.69, 9.17) is 0 Å². The van der Waals surface area contributed by atoms with Crippen LogP contribution in [0.3, 0.4) is 0 Å². The van der Waals surface area contributed by atoms with Crippen LogP contribution in [0.1, 0.15) is 19.3 Å². The van der Waals surface area contributed by atoms with Gasteiger partial charge in [0.1, 0.15) is 0 Å². The fourth-order valence-corrected chi connectivity index (χ4v) is 2.22. The molecule has 84 valence electrons. The summed E-state index contributed by atoms with van der Waals surface area (Å²) in [6.07, 6.45) is 5.75. The van der Waals surface area contributed by atoms with E-state index in [1.807, 2.05) is 0 Å². The van der Waals surface area contributed by atoms with E-state index >= 15 is 0 Å². The van der Waals surface area contributed by atoms with Gasteiger partial charge in [0, 0.05) is 29.4 Å². The van der Waals surface area contributed by atoms with Gasteiger partial charge in [0.15, 0.2) is 0 Å². The minimum atomic E-state index is -0.654. The van der Waals surface area contributed by atoms with Gasteiger partial charge in [0.05, 0.1) is 0 Å². The second-order valence-electron chi connectivity index (χ2n) is 4.05. The van der Waals surface area contributed by atoms with Crippen molar-refractivity contribution in [3.8, 4) is 0 Å². The Bertz CT molecular complexity index is 168. The van der Waals surface area contributed by atoms with Gasteiger partial charge in [-0.05, 0) is 38.4 Å². The van der Waals surface area contributed by atoms with Crippen LogP contribution < -0.4 is 10.6 Å². The molecule has 1 heterocycles. The minimum Gasteiger partial charge on any atom is -0.316 e. The Morgan fingerprint density at radius 3 is 3.14 bits per heavy atom. The van der Waals surface area contributed by atoms with Crippen LogP contribution in [-0.2, 0) is 10.8 Å². The molecule has 1 aliphatic heterocycles. The van der Waals surface area contributed by atoms with Crippen LogP contribution in [0.2, 0.25) is 0 Å². The molecule has 0 aliphatic carbocycles. The molecule has 1 saturated heterocycles. The third-order valence-corrected chi connectivity index (χ3v) is 3.43. The predicted molar refractivity (Wildman–Crippen MR) is 62.0 cm³/mol. The van der Waals surface area contributed by atoms with Crippen molar-refractivity contribution >= 4 is 10.8 Å². The molecule has 2 N–H and O–H groups in total. The van der Waals surface area contributed by atoms with Crippen molar-refractivity contribution in [2.45, 2.75) is 19.3 Å². The molecule has 0 aromatic heterocycles. The number of rotatable bonds is 5. The van der Waals surface area contributed by atoms with Crippen molar-refractivity contribution in [3.63, 3.8) is 0 Å². The van der Waals surface area contributed by atoms with Crippen molar-refractivity contribution < 1.29 is 4.21 Å². The Morgan fingerprint density at radius 1 is 1.50 bits per heavy atom. The number of hydrogen-bond donors (Lipinski definition) is 2. The van der Waals surface area contributed by atoms with E-state index in [0.717, 1.165) is 31.3 Å². The van der Waals surface area contributed by atoms with E-state index in [1.54, 1.807) is 6.26 Å². The van der Waals surface area contributed by atoms with Crippen molar-refractivity contribution in [3.05, 3.63) is 0 Å². The van der Waals surface area contributed by atoms with Crippen LogP contribution in [-0.4, -0.2) is 42.4 Å². The highest BCUT2D eigenvalue weighted by Gasteiger charge is 2.10. The zero-order chi connectivity index (χ0) is 10.2. The molecule has 4 heteroatoms. The van der Waals surface area contributed by atoms with Gasteiger partial charge in [-0.25, -0.2) is 0 Å². The van der Waals surface area contributed by atoms with E-state index in [0.29, 0.717) is 0 Å². The van der Waals surface area contributed by atoms with Crippen molar-refractivity contribution in [1.29, 1.82) is 0 Å². The molecule has 1 fully saturated rings. The molecule has 0 aromatic carbocycles. The molecule has 0 bridgehead atoms. The second kappa shape index (κ2) is 7.37. The fraction of sp³-hybridized carbons (Fsp3) is 1.00. The molecular weight excluding hydrogens is 196 g/mol. The standard InChI is InChI=1S/C10H22N2OS/c1-14(13)7-6-12-9-10-4-2-3-5-11-8-10/h10-12H,2-9H2,1H3. The predicted octanol–water partition coefficient (Wildman–Crippen LogP) is 0.344. The summed E-state index contributed by atoms with van der Waals surface area (Å²) >= 11 is 0. The molecule has 0 aromatic rings. The average Bonchev–Trinajstić information content (AvgIpc) is 2.40. The van der Waals surface area contributed by atoms with Gasteiger partial charge >= 0.3 is 0 Å². The Labute approximate surface area is 89.5 Å². The molecule has 2 atom stereocenters. The largest absolute Gasteiger partial charge is 0.316 e. The minimum absolute atomic E-state index is 0.654. The second-order valence-corrected chi connectivity index (χ2v) is 5.60. The lowest BCUT2D eigenvalue weighted by atomic mass is 10.0. The van der Waals surface area contributed by atoms with Crippen LogP contribution in [0.15, 0.2) is 0 Å². The third-order valence-electron chi connectivity index (χ3n) is 2.65. The van der Waals surface area contributed by atoms with E-state index in [2.05, 4.69) is 10.6 Å². The summed E-state index contributed by atoms with van der Waals surface area (Å²) in [5, 5.41) is 6.83. The molecule has 2 unspecified atom stereocenters. The van der Waals surface area contributed by atoms with Crippen LogP contribution in [0.25, 0.3) is 0 Å². The summed E-state index contributed by atoms with van der Waals surface area (Å²) in [6, 6.07) is 0. The molecule has 1 rings (SSSR count). The van der Waals surface area contributed by atoms with Crippen molar-refractivity contribution in [1.82, 2.24) is 10.6 Å². The molecule has 1 aliphatic rings. The van der Waals surface area contributed by atoms with Gasteiger partial charge < -0.3 is 10.6 Å². The van der Waals surface area contributed by atoms with E-state index in [9.17, 15) is 4.21 Å². The lowest BCUT2D eigenvalue weighted by Crippen LogP contribution is -2.31. The monoisotopic (exact) mass is 218 g/mol. The summed E-state index contributed by atoms with van der Waals surface area (Å²) in [4.78, 5) is 0. The Hall–Kier alpha value is 0.0700. The van der Waals surface area contributed by atoms with E-state index in [1.165, 1.54) is 25.8 Å². The zero-order valence-corrected chi connectivity index (χ0v) is 9.87. The van der Waals surface area contributed by atoms with Gasteiger partial charge in [-0.2, -0.15) is 0 Å². The van der Waals surface area contributed by atoms with Crippen LogP contribution in [0.4, 0.5) is 0 Å². The number of nitrogens with one attached hydrogen (secondary N) is 2. The first kappa shape index (κ1) is 12.1. The summed E-state index contributed by atoms with van der Waals surface area (Å²) in [5.74, 6) is 1.54. The van der Waals surface area contributed by atoms with Crippen molar-refractivity contribution in [2.75, 3.05) is 38.2 Å². The molecular formula is C10H22N2OS. The zero-order valence-electron chi connectivity index (χ0n) is 9.05. The molecule has 0 radical (unpaired) electrons. The summed E-state index contributed by atoms with van der Waals surface area (Å²) < 4.78 is 10.8. The smallest absolute Gasteiger partial charge is 0.0357 e. The maximum absolute atomic E-state index is 10.8. The lowest BCUT2D eigenvalue weighted by Gasteiger charge is -2.14. The van der Waals surface area contributed by atoms with Gasteiger partial charge in [0.2, 0.25) is 0 Å². The van der Waals surface area contributed by atoms with Gasteiger partial charge in [-0.3, -0.25) is 4.21 Å². The Balaban J connectivity index is 2.01. The third kappa shape index (κ3) is 5.73. The average molecular weight is 218 g/mol. The first-order valence-corrected chi connectivity index (χ1v) is 7.23. The first-order chi connectivity index (χ1) is 6.79. The van der Waals surface area contributed by atoms with Crippen LogP contribution in [0.5, 0.6) is 0 Å². The molecule has 3 nitrogen and oxygen atoms in total. The molecule has 0 amide bonds. The van der Waals surface area contributed by atoms with E-state index < -0.39 is 10.8 Å². The topological polar surface area (TPSA) is 41.1 Å². The Kier molecular flexibility index (Phi) is 6.39. The molecule has 0 spiro atoms. The maximum atomic E-state index is 10.8. The van der Waals surface area contributed by atoms with Gasteiger partial charge in [-0.15, -0.1) is 0 Å². The van der Waals surface area contributed by atoms with Gasteiger partial charge in [0.25, 0.3) is 0 Å². The maximum Gasteiger partial charge on any atom is 0.0357 e. The molecule has 0 saturated carbocycles. The van der Waals surface area contributed by atoms with E-state index in [-0.39, 0.29) is 0 Å². The highest BCUT2D eigenvalue weighted by Crippen LogP contribution is 2.09. The fourth-order valence-electron chi connectivity index (χ4n) is 1.79. The quantitative estimate of drug-likeness (QED) is 0.654. The summed E-state index contributed by atoms with van der Waals surface area (Å²) in [5.41, 5.74) is 0. The normalized spacial score (nSPS) is 25.6. The van der Waals surface area contributed by atoms with Gasteiger partial charge in [-0.1, -0.05) is 6.42 Å². The molecule has 14 heavy (non-hydrogen) atoms. The Morgan fingerprint density at radius 2 is 2.36 bits per heavy atom. The summed E-state index contributed by atoms with van der Waals surface area (Å²) in [7, 11) is -0.654. The summed E-state index contributed by atoms with van der Waals surface area (Å²) in [6.45, 7) is 4.28. The van der Waals surface area contributed by atoms with Crippen molar-refractivity contribution in [2.24, 2.45) is 5.92 Å². The van der Waals surface area contributed by atoms with Crippen LogP contribution >= 0.6 is 0 Å². The van der Waals surface area contributed by atoms with Crippen LogP contribution in [0, 0.1) is 5.92 Å². The number of hydrogen-bond acceptors (Lipinski definition) is 3. The highest BCUT2D eigenvalue weighted by atomic mass is 32.2. The lowest BCUT2D eigenvalue weighted by molar-refractivity contribution is 0.448.